The Hall–Kier alpha value is -2.80. The molecule has 84 valence electrons. The Morgan fingerprint density at radius 2 is 2.00 bits per heavy atom. The van der Waals surface area contributed by atoms with Gasteiger partial charge >= 0.3 is 0 Å². The number of nitrogens with zero attached hydrogens (tertiary/aromatic N) is 2. The highest BCUT2D eigenvalue weighted by molar-refractivity contribution is 5.79. The van der Waals surface area contributed by atoms with Crippen molar-refractivity contribution in [2.75, 3.05) is 0 Å². The molecule has 0 spiro atoms. The molecule has 0 radical (unpaired) electrons. The first-order valence-corrected chi connectivity index (χ1v) is 5.54. The Morgan fingerprint density at radius 3 is 2.89 bits per heavy atom. The highest BCUT2D eigenvalue weighted by atomic mass is 16.3. The minimum Gasteiger partial charge on any atom is -0.424 e. The van der Waals surface area contributed by atoms with Gasteiger partial charge < -0.3 is 9.40 Å². The zero-order chi connectivity index (χ0) is 11.9. The van der Waals surface area contributed by atoms with Gasteiger partial charge in [0.05, 0.1) is 11.0 Å². The second-order valence-corrected chi connectivity index (χ2v) is 3.94. The van der Waals surface area contributed by atoms with Crippen LogP contribution in [0.3, 0.4) is 0 Å². The fourth-order valence-electron chi connectivity index (χ4n) is 1.92. The van der Waals surface area contributed by atoms with E-state index in [9.17, 15) is 0 Å². The number of para-hydroxylation sites is 2. The third kappa shape index (κ3) is 1.28. The Bertz CT molecular complexity index is 706. The van der Waals surface area contributed by atoms with E-state index in [1.807, 2.05) is 30.3 Å². The lowest BCUT2D eigenvalue weighted by atomic mass is 10.3. The summed E-state index contributed by atoms with van der Waals surface area (Å²) in [5, 5.41) is 0. The molecule has 4 aromatic rings. The van der Waals surface area contributed by atoms with Gasteiger partial charge in [0.2, 0.25) is 5.58 Å². The van der Waals surface area contributed by atoms with Crippen molar-refractivity contribution < 1.29 is 4.42 Å². The zero-order valence-corrected chi connectivity index (χ0v) is 9.27. The van der Waals surface area contributed by atoms with E-state index in [1.165, 1.54) is 0 Å². The quantitative estimate of drug-likeness (QED) is 0.550. The number of hydrogen-bond acceptors (Lipinski definition) is 3. The maximum absolute atomic E-state index is 5.59. The van der Waals surface area contributed by atoms with Crippen LogP contribution in [0, 0.1) is 12.1 Å². The lowest BCUT2D eigenvalue weighted by Crippen LogP contribution is -1.78. The van der Waals surface area contributed by atoms with Gasteiger partial charge in [-0.25, -0.2) is 9.97 Å². The predicted octanol–water partition coefficient (Wildman–Crippen LogP) is 2.97. The normalized spacial score (nSPS) is 10.9. The van der Waals surface area contributed by atoms with Gasteiger partial charge in [0.15, 0.2) is 5.82 Å². The fourth-order valence-corrected chi connectivity index (χ4v) is 1.92. The van der Waals surface area contributed by atoms with E-state index in [1.54, 1.807) is 6.07 Å². The number of aromatic nitrogens is 3. The molecule has 4 nitrogen and oxygen atoms in total. The molecule has 2 aromatic heterocycles. The van der Waals surface area contributed by atoms with E-state index in [-0.39, 0.29) is 0 Å². The highest BCUT2D eigenvalue weighted by Gasteiger charge is 2.11. The van der Waals surface area contributed by atoms with Crippen molar-refractivity contribution in [2.45, 2.75) is 0 Å². The average molecular weight is 233 g/mol. The molecule has 0 fully saturated rings. The molecule has 0 saturated heterocycles. The molecule has 0 unspecified atom stereocenters. The van der Waals surface area contributed by atoms with Gasteiger partial charge in [-0.3, -0.25) is 0 Å². The Balaban J connectivity index is 1.95. The summed E-state index contributed by atoms with van der Waals surface area (Å²) in [6, 6.07) is 17.1. The SMILES string of the molecule is c1ccc2nc(-c3nc4ccccc4[nH]3)oc2c#1. The van der Waals surface area contributed by atoms with Crippen LogP contribution in [0.5, 0.6) is 0 Å². The molecule has 1 N–H and O–H groups in total. The molecular weight excluding hydrogens is 226 g/mol. The number of fused-ring (bicyclic) bond motifs is 2. The maximum Gasteiger partial charge on any atom is 0.264 e. The van der Waals surface area contributed by atoms with Gasteiger partial charge in [-0.15, -0.1) is 0 Å². The van der Waals surface area contributed by atoms with Gasteiger partial charge in [0.1, 0.15) is 5.52 Å². The van der Waals surface area contributed by atoms with Crippen LogP contribution in [-0.2, 0) is 0 Å². The van der Waals surface area contributed by atoms with Crippen LogP contribution in [0.25, 0.3) is 33.8 Å². The van der Waals surface area contributed by atoms with Crippen molar-refractivity contribution in [2.24, 2.45) is 0 Å². The van der Waals surface area contributed by atoms with E-state index in [0.29, 0.717) is 17.3 Å². The minimum atomic E-state index is 0.469. The monoisotopic (exact) mass is 233 g/mol. The first kappa shape index (κ1) is 9.25. The number of hydrogen-bond donors (Lipinski definition) is 1. The number of imidazole rings is 1. The van der Waals surface area contributed by atoms with Crippen molar-refractivity contribution >= 4 is 22.1 Å². The highest BCUT2D eigenvalue weighted by Crippen LogP contribution is 2.22. The number of benzene rings is 1. The van der Waals surface area contributed by atoms with Crippen LogP contribution < -0.4 is 0 Å². The molecule has 18 heavy (non-hydrogen) atoms. The molecule has 0 aliphatic carbocycles. The third-order valence-electron chi connectivity index (χ3n) is 2.76. The van der Waals surface area contributed by atoms with Gasteiger partial charge in [-0.1, -0.05) is 18.2 Å². The van der Waals surface area contributed by atoms with Crippen LogP contribution in [0.2, 0.25) is 0 Å². The average Bonchev–Trinajstić information content (AvgIpc) is 3.02. The molecule has 4 rings (SSSR count). The van der Waals surface area contributed by atoms with E-state index in [4.69, 9.17) is 4.42 Å². The molecule has 2 heterocycles. The summed E-state index contributed by atoms with van der Waals surface area (Å²) in [5.41, 5.74) is 3.20. The van der Waals surface area contributed by atoms with Gasteiger partial charge in [-0.05, 0) is 30.3 Å². The number of aromatic amines is 1. The summed E-state index contributed by atoms with van der Waals surface area (Å²) in [6.45, 7) is 0. The molecular formula is C14H7N3O. The van der Waals surface area contributed by atoms with Crippen LogP contribution in [-0.4, -0.2) is 15.0 Å². The largest absolute Gasteiger partial charge is 0.424 e. The van der Waals surface area contributed by atoms with Gasteiger partial charge in [-0.2, -0.15) is 0 Å². The van der Waals surface area contributed by atoms with Crippen LogP contribution >= 0.6 is 0 Å². The molecule has 4 heteroatoms. The van der Waals surface area contributed by atoms with E-state index >= 15 is 0 Å². The molecule has 2 aromatic carbocycles. The van der Waals surface area contributed by atoms with Crippen molar-refractivity contribution in [3.63, 3.8) is 0 Å². The van der Waals surface area contributed by atoms with Crippen LogP contribution in [0.4, 0.5) is 0 Å². The number of rotatable bonds is 1. The molecule has 0 saturated carbocycles. The predicted molar refractivity (Wildman–Crippen MR) is 66.8 cm³/mol. The summed E-state index contributed by atoms with van der Waals surface area (Å²) in [6.07, 6.45) is 0. The minimum absolute atomic E-state index is 0.469. The van der Waals surface area contributed by atoms with Crippen molar-refractivity contribution in [3.05, 3.63) is 48.5 Å². The lowest BCUT2D eigenvalue weighted by molar-refractivity contribution is 0.615. The summed E-state index contributed by atoms with van der Waals surface area (Å²) in [4.78, 5) is 12.0. The van der Waals surface area contributed by atoms with E-state index in [2.05, 4.69) is 27.1 Å². The summed E-state index contributed by atoms with van der Waals surface area (Å²) in [7, 11) is 0. The Morgan fingerprint density at radius 1 is 1.06 bits per heavy atom. The number of H-pyrrole nitrogens is 1. The fraction of sp³-hybridized carbons (Fsp3) is 0. The Labute approximate surface area is 102 Å². The van der Waals surface area contributed by atoms with Crippen molar-refractivity contribution in [1.29, 1.82) is 0 Å². The first-order chi connectivity index (χ1) is 8.90. The van der Waals surface area contributed by atoms with Crippen LogP contribution in [0.1, 0.15) is 0 Å². The Kier molecular flexibility index (Phi) is 1.72. The summed E-state index contributed by atoms with van der Waals surface area (Å²) < 4.78 is 5.59. The molecule has 0 aliphatic heterocycles. The van der Waals surface area contributed by atoms with Gasteiger partial charge in [0.25, 0.3) is 5.89 Å². The maximum atomic E-state index is 5.59. The zero-order valence-electron chi connectivity index (χ0n) is 9.27. The van der Waals surface area contributed by atoms with Crippen molar-refractivity contribution in [3.8, 4) is 11.7 Å². The third-order valence-corrected chi connectivity index (χ3v) is 2.76. The van der Waals surface area contributed by atoms with E-state index in [0.717, 1.165) is 16.6 Å². The summed E-state index contributed by atoms with van der Waals surface area (Å²) >= 11 is 0. The second-order valence-electron chi connectivity index (χ2n) is 3.94. The topological polar surface area (TPSA) is 54.7 Å². The standard InChI is InChI=1S/C14H7N3O/c1-2-6-10-9(5-1)15-13(16-10)14-17-11-7-3-4-8-12(11)18-14/h1-3,5-7H,(H,15,16). The molecule has 0 amide bonds. The molecule has 0 aliphatic rings. The van der Waals surface area contributed by atoms with Gasteiger partial charge in [0, 0.05) is 0 Å². The molecule has 0 atom stereocenters. The first-order valence-electron chi connectivity index (χ1n) is 5.54. The second kappa shape index (κ2) is 3.34. The lowest BCUT2D eigenvalue weighted by Gasteiger charge is -1.84. The smallest absolute Gasteiger partial charge is 0.264 e. The van der Waals surface area contributed by atoms with E-state index < -0.39 is 0 Å². The van der Waals surface area contributed by atoms with Crippen LogP contribution in [0.15, 0.2) is 40.8 Å². The van der Waals surface area contributed by atoms with Crippen molar-refractivity contribution in [1.82, 2.24) is 15.0 Å². The number of nitrogens with one attached hydrogen (secondary N) is 1. The molecule has 0 bridgehead atoms. The number of oxazole rings is 1. The summed E-state index contributed by atoms with van der Waals surface area (Å²) in [5.74, 6) is 1.10.